The molecule has 2 fully saturated rings. The highest BCUT2D eigenvalue weighted by atomic mass is 16.5. The molecule has 0 N–H and O–H groups in total. The summed E-state index contributed by atoms with van der Waals surface area (Å²) in [6, 6.07) is 7.52. The summed E-state index contributed by atoms with van der Waals surface area (Å²) in [4.78, 5) is 12.8. The first-order valence-corrected chi connectivity index (χ1v) is 6.23. The first kappa shape index (κ1) is 12.9. The number of hydrogen-bond donors (Lipinski definition) is 0. The fourth-order valence-electron chi connectivity index (χ4n) is 1.70. The van der Waals surface area contributed by atoms with Crippen LogP contribution in [0.15, 0.2) is 24.3 Å². The summed E-state index contributed by atoms with van der Waals surface area (Å²) in [7, 11) is 1.63. The van der Waals surface area contributed by atoms with Crippen molar-refractivity contribution in [2.24, 2.45) is 5.92 Å². The van der Waals surface area contributed by atoms with E-state index in [4.69, 9.17) is 9.47 Å². The summed E-state index contributed by atoms with van der Waals surface area (Å²) in [5, 5.41) is 0. The Labute approximate surface area is 107 Å². The van der Waals surface area contributed by atoms with Crippen molar-refractivity contribution < 1.29 is 14.3 Å². The van der Waals surface area contributed by atoms with Crippen LogP contribution in [0.25, 0.3) is 0 Å². The lowest BCUT2D eigenvalue weighted by atomic mass is 10.1. The molecule has 2 heterocycles. The van der Waals surface area contributed by atoms with Gasteiger partial charge in [0.15, 0.2) is 0 Å². The number of carbonyl (C=O) groups excluding carboxylic acids is 1. The molecule has 0 atom stereocenters. The fourth-order valence-corrected chi connectivity index (χ4v) is 1.70. The van der Waals surface area contributed by atoms with Gasteiger partial charge in [-0.1, -0.05) is 6.92 Å². The van der Waals surface area contributed by atoms with E-state index in [2.05, 4.69) is 6.92 Å². The Morgan fingerprint density at radius 2 is 1.89 bits per heavy atom. The molecule has 0 aliphatic carbocycles. The van der Waals surface area contributed by atoms with Gasteiger partial charge in [0.1, 0.15) is 5.75 Å². The Morgan fingerprint density at radius 3 is 2.17 bits per heavy atom. The monoisotopic (exact) mass is 249 g/mol. The highest BCUT2D eigenvalue weighted by molar-refractivity contribution is 5.99. The zero-order valence-electron chi connectivity index (χ0n) is 10.9. The zero-order chi connectivity index (χ0) is 13.0. The van der Waals surface area contributed by atoms with Crippen molar-refractivity contribution in [1.29, 1.82) is 0 Å². The highest BCUT2D eigenvalue weighted by Crippen LogP contribution is 2.23. The first-order valence-electron chi connectivity index (χ1n) is 6.23. The summed E-state index contributed by atoms with van der Waals surface area (Å²) in [6.07, 6.45) is 0.673. The van der Waals surface area contributed by atoms with E-state index < -0.39 is 0 Å². The molecule has 18 heavy (non-hydrogen) atoms. The minimum absolute atomic E-state index is 0.199. The second-order valence-corrected chi connectivity index (χ2v) is 4.64. The van der Waals surface area contributed by atoms with Gasteiger partial charge in [-0.25, -0.2) is 0 Å². The van der Waals surface area contributed by atoms with Gasteiger partial charge in [-0.3, -0.25) is 4.79 Å². The maximum Gasteiger partial charge on any atom is 0.228 e. The Hall–Kier alpha value is -1.55. The number of β-lactam (4-membered cyclic amide) rings is 1. The lowest BCUT2D eigenvalue weighted by Crippen LogP contribution is -2.43. The SMILES string of the molecule is CC1COC1.COc1ccc(N2CCC2=O)cc1. The normalized spacial score (nSPS) is 18.3. The van der Waals surface area contributed by atoms with Crippen molar-refractivity contribution in [3.05, 3.63) is 24.3 Å². The fraction of sp³-hybridized carbons (Fsp3) is 0.500. The molecule has 2 aliphatic heterocycles. The molecule has 4 heteroatoms. The Kier molecular flexibility index (Phi) is 4.20. The van der Waals surface area contributed by atoms with Gasteiger partial charge in [-0.05, 0) is 24.3 Å². The van der Waals surface area contributed by atoms with E-state index in [1.807, 2.05) is 24.3 Å². The summed E-state index contributed by atoms with van der Waals surface area (Å²) in [6.45, 7) is 4.99. The van der Waals surface area contributed by atoms with Crippen LogP contribution in [0.3, 0.4) is 0 Å². The van der Waals surface area contributed by atoms with Gasteiger partial charge in [-0.15, -0.1) is 0 Å². The van der Waals surface area contributed by atoms with Crippen LogP contribution in [0, 0.1) is 5.92 Å². The van der Waals surface area contributed by atoms with Crippen LogP contribution < -0.4 is 9.64 Å². The van der Waals surface area contributed by atoms with E-state index in [1.54, 1.807) is 12.0 Å². The van der Waals surface area contributed by atoms with Crippen LogP contribution in [-0.2, 0) is 9.53 Å². The minimum atomic E-state index is 0.199. The quantitative estimate of drug-likeness (QED) is 0.753. The number of hydrogen-bond acceptors (Lipinski definition) is 3. The topological polar surface area (TPSA) is 38.8 Å². The number of benzene rings is 1. The highest BCUT2D eigenvalue weighted by Gasteiger charge is 2.24. The minimum Gasteiger partial charge on any atom is -0.497 e. The van der Waals surface area contributed by atoms with E-state index in [0.717, 1.165) is 37.1 Å². The smallest absolute Gasteiger partial charge is 0.228 e. The molecule has 2 saturated heterocycles. The largest absolute Gasteiger partial charge is 0.497 e. The van der Waals surface area contributed by atoms with Gasteiger partial charge in [-0.2, -0.15) is 0 Å². The summed E-state index contributed by atoms with van der Waals surface area (Å²) >= 11 is 0. The van der Waals surface area contributed by atoms with E-state index in [1.165, 1.54) is 0 Å². The van der Waals surface area contributed by atoms with Crippen LogP contribution in [0.5, 0.6) is 5.75 Å². The molecule has 0 radical (unpaired) electrons. The van der Waals surface area contributed by atoms with Crippen LogP contribution in [-0.4, -0.2) is 32.8 Å². The van der Waals surface area contributed by atoms with Crippen molar-refractivity contribution in [1.82, 2.24) is 0 Å². The third-order valence-electron chi connectivity index (χ3n) is 3.04. The van der Waals surface area contributed by atoms with Crippen molar-refractivity contribution in [2.75, 3.05) is 31.8 Å². The molecule has 0 aromatic heterocycles. The number of anilines is 1. The van der Waals surface area contributed by atoms with Gasteiger partial charge in [0.05, 0.1) is 20.3 Å². The van der Waals surface area contributed by atoms with Gasteiger partial charge >= 0.3 is 0 Å². The lowest BCUT2D eigenvalue weighted by Gasteiger charge is -2.30. The number of rotatable bonds is 2. The molecule has 0 bridgehead atoms. The first-order chi connectivity index (χ1) is 8.70. The summed E-state index contributed by atoms with van der Waals surface area (Å²) in [5.74, 6) is 1.86. The third kappa shape index (κ3) is 3.01. The summed E-state index contributed by atoms with van der Waals surface area (Å²) in [5.41, 5.74) is 0.956. The van der Waals surface area contributed by atoms with Crippen molar-refractivity contribution in [3.8, 4) is 5.75 Å². The zero-order valence-corrected chi connectivity index (χ0v) is 10.9. The van der Waals surface area contributed by atoms with Crippen LogP contribution in [0.1, 0.15) is 13.3 Å². The predicted molar refractivity (Wildman–Crippen MR) is 69.9 cm³/mol. The number of carbonyl (C=O) groups is 1. The van der Waals surface area contributed by atoms with Gasteiger partial charge in [0, 0.05) is 24.6 Å². The summed E-state index contributed by atoms with van der Waals surface area (Å²) < 4.78 is 9.86. The number of ether oxygens (including phenoxy) is 2. The third-order valence-corrected chi connectivity index (χ3v) is 3.04. The maximum atomic E-state index is 11.1. The van der Waals surface area contributed by atoms with E-state index in [9.17, 15) is 4.79 Å². The molecule has 0 saturated carbocycles. The van der Waals surface area contributed by atoms with Crippen LogP contribution in [0.4, 0.5) is 5.69 Å². The maximum absolute atomic E-state index is 11.1. The number of nitrogens with zero attached hydrogens (tertiary/aromatic N) is 1. The standard InChI is InChI=1S/C10H11NO2.C4H8O/c1-13-9-4-2-8(3-5-9)11-7-6-10(11)12;1-4-2-5-3-4/h2-5H,6-7H2,1H3;4H,2-3H2,1H3. The second-order valence-electron chi connectivity index (χ2n) is 4.64. The molecule has 1 aromatic rings. The Bertz CT molecular complexity index is 398. The van der Waals surface area contributed by atoms with E-state index in [0.29, 0.717) is 6.42 Å². The molecule has 0 unspecified atom stereocenters. The van der Waals surface area contributed by atoms with Crippen LogP contribution in [0.2, 0.25) is 0 Å². The van der Waals surface area contributed by atoms with Crippen molar-refractivity contribution in [2.45, 2.75) is 13.3 Å². The van der Waals surface area contributed by atoms with Crippen molar-refractivity contribution in [3.63, 3.8) is 0 Å². The Morgan fingerprint density at radius 1 is 1.28 bits per heavy atom. The molecular formula is C14H19NO3. The number of methoxy groups -OCH3 is 1. The average Bonchev–Trinajstić information content (AvgIpc) is 2.36. The van der Waals surface area contributed by atoms with E-state index >= 15 is 0 Å². The Balaban J connectivity index is 0.000000202. The molecule has 98 valence electrons. The average molecular weight is 249 g/mol. The molecule has 4 nitrogen and oxygen atoms in total. The van der Waals surface area contributed by atoms with Gasteiger partial charge in [0.25, 0.3) is 0 Å². The molecule has 2 aliphatic rings. The molecule has 3 rings (SSSR count). The van der Waals surface area contributed by atoms with Crippen LogP contribution >= 0.6 is 0 Å². The molecule has 1 aromatic carbocycles. The molecule has 1 amide bonds. The van der Waals surface area contributed by atoms with Gasteiger partial charge in [0.2, 0.25) is 5.91 Å². The van der Waals surface area contributed by atoms with Crippen molar-refractivity contribution >= 4 is 11.6 Å². The number of amides is 1. The van der Waals surface area contributed by atoms with E-state index in [-0.39, 0.29) is 5.91 Å². The lowest BCUT2D eigenvalue weighted by molar-refractivity contribution is -0.122. The predicted octanol–water partition coefficient (Wildman–Crippen LogP) is 2.08. The molecule has 0 spiro atoms. The molecular weight excluding hydrogens is 230 g/mol. The second kappa shape index (κ2) is 5.87. The van der Waals surface area contributed by atoms with Gasteiger partial charge < -0.3 is 14.4 Å².